The van der Waals surface area contributed by atoms with E-state index in [1.165, 1.54) is 12.1 Å². The van der Waals surface area contributed by atoms with Crippen LogP contribution in [0.15, 0.2) is 35.8 Å². The van der Waals surface area contributed by atoms with Crippen LogP contribution in [0.2, 0.25) is 0 Å². The van der Waals surface area contributed by atoms with Gasteiger partial charge in [-0.1, -0.05) is 0 Å². The molecule has 0 heterocycles. The number of benzene rings is 1. The monoisotopic (exact) mass is 135 g/mol. The third-order valence-corrected chi connectivity index (χ3v) is 1.03. The molecule has 0 unspecified atom stereocenters. The van der Waals surface area contributed by atoms with Crippen LogP contribution in [0.3, 0.4) is 0 Å². The number of hydrogen-bond acceptors (Lipinski definition) is 1. The molecule has 1 rings (SSSR count). The molecule has 0 aliphatic heterocycles. The second kappa shape index (κ2) is 2.95. The first-order valence-corrected chi connectivity index (χ1v) is 2.81. The van der Waals surface area contributed by atoms with Gasteiger partial charge in [-0.2, -0.15) is 0 Å². The van der Waals surface area contributed by atoms with E-state index in [0.717, 1.165) is 0 Å². The van der Waals surface area contributed by atoms with Crippen molar-refractivity contribution in [2.75, 3.05) is 0 Å². The van der Waals surface area contributed by atoms with E-state index in [0.29, 0.717) is 5.69 Å². The summed E-state index contributed by atoms with van der Waals surface area (Å²) in [6.07, 6.45) is 0. The topological polar surface area (TPSA) is 12.4 Å². The molecular formula is C8H6FN. The van der Waals surface area contributed by atoms with Crippen molar-refractivity contribution in [2.24, 2.45) is 4.99 Å². The van der Waals surface area contributed by atoms with Gasteiger partial charge in [0.25, 0.3) is 0 Å². The van der Waals surface area contributed by atoms with Crippen molar-refractivity contribution in [3.63, 3.8) is 0 Å². The highest BCUT2D eigenvalue weighted by Gasteiger charge is 1.87. The molecule has 0 N–H and O–H groups in total. The van der Waals surface area contributed by atoms with Crippen molar-refractivity contribution in [2.45, 2.75) is 0 Å². The number of hydrogen-bond donors (Lipinski definition) is 0. The van der Waals surface area contributed by atoms with Crippen LogP contribution in [0.4, 0.5) is 10.1 Å². The molecule has 0 bridgehead atoms. The van der Waals surface area contributed by atoms with Gasteiger partial charge in [0.05, 0.1) is 5.69 Å². The van der Waals surface area contributed by atoms with E-state index in [2.05, 4.69) is 17.4 Å². The van der Waals surface area contributed by atoms with Crippen LogP contribution in [0.5, 0.6) is 0 Å². The van der Waals surface area contributed by atoms with Gasteiger partial charge in [0.1, 0.15) is 5.82 Å². The highest BCUT2D eigenvalue weighted by atomic mass is 19.1. The van der Waals surface area contributed by atoms with Crippen LogP contribution in [-0.2, 0) is 0 Å². The maximum Gasteiger partial charge on any atom is 0.123 e. The molecule has 1 aromatic carbocycles. The van der Waals surface area contributed by atoms with Crippen LogP contribution in [0.1, 0.15) is 0 Å². The Balaban J connectivity index is 3.00. The zero-order valence-corrected chi connectivity index (χ0v) is 5.34. The molecule has 1 aromatic rings. The summed E-state index contributed by atoms with van der Waals surface area (Å²) < 4.78 is 12.2. The van der Waals surface area contributed by atoms with Crippen LogP contribution >= 0.6 is 0 Å². The van der Waals surface area contributed by atoms with E-state index < -0.39 is 0 Å². The maximum atomic E-state index is 12.2. The van der Waals surface area contributed by atoms with Crippen molar-refractivity contribution in [3.05, 3.63) is 36.7 Å². The predicted molar refractivity (Wildman–Crippen MR) is 39.1 cm³/mol. The van der Waals surface area contributed by atoms with E-state index in [1.54, 1.807) is 12.1 Å². The Kier molecular flexibility index (Phi) is 1.98. The molecule has 0 saturated heterocycles. The molecule has 0 amide bonds. The first-order valence-electron chi connectivity index (χ1n) is 2.81. The summed E-state index contributed by atoms with van der Waals surface area (Å²) in [6, 6.07) is 5.81. The fourth-order valence-corrected chi connectivity index (χ4v) is 0.607. The van der Waals surface area contributed by atoms with Gasteiger partial charge < -0.3 is 0 Å². The van der Waals surface area contributed by atoms with Gasteiger partial charge in [-0.05, 0) is 36.7 Å². The fraction of sp³-hybridized carbons (Fsp3) is 0. The minimum absolute atomic E-state index is 0.261. The number of rotatable bonds is 1. The van der Waals surface area contributed by atoms with Gasteiger partial charge in [-0.3, -0.25) is 0 Å². The molecular weight excluding hydrogens is 129 g/mol. The number of aliphatic imine (C=N–C) groups is 1. The largest absolute Gasteiger partial charge is 0.207 e. The average Bonchev–Trinajstić information content (AvgIpc) is 1.95. The molecule has 0 aromatic heterocycles. The van der Waals surface area contributed by atoms with Crippen molar-refractivity contribution < 1.29 is 4.39 Å². The van der Waals surface area contributed by atoms with Gasteiger partial charge in [0.15, 0.2) is 0 Å². The summed E-state index contributed by atoms with van der Waals surface area (Å²) in [5.74, 6) is 2.09. The maximum absolute atomic E-state index is 12.2. The fourth-order valence-electron chi connectivity index (χ4n) is 0.607. The average molecular weight is 135 g/mol. The Morgan fingerprint density at radius 1 is 1.30 bits per heavy atom. The lowest BCUT2D eigenvalue weighted by atomic mass is 10.3. The van der Waals surface area contributed by atoms with Gasteiger partial charge in [-0.15, -0.1) is 0 Å². The van der Waals surface area contributed by atoms with Crippen LogP contribution in [0.25, 0.3) is 0 Å². The second-order valence-electron chi connectivity index (χ2n) is 1.75. The zero-order valence-electron chi connectivity index (χ0n) is 5.34. The van der Waals surface area contributed by atoms with Crippen molar-refractivity contribution in [3.8, 4) is 0 Å². The van der Waals surface area contributed by atoms with Crippen LogP contribution < -0.4 is 0 Å². The minimum atomic E-state index is -0.261. The molecule has 1 nitrogen and oxygen atoms in total. The van der Waals surface area contributed by atoms with Gasteiger partial charge >= 0.3 is 0 Å². The standard InChI is InChI=1S/C8H6FN/c1-2-10-8-5-3-7(9)4-6-8/h3-6H,1H2. The Hall–Kier alpha value is -1.40. The summed E-state index contributed by atoms with van der Waals surface area (Å²) >= 11 is 0. The summed E-state index contributed by atoms with van der Waals surface area (Å²) in [5, 5.41) is 0. The third kappa shape index (κ3) is 1.54. The SMILES string of the molecule is C=C=Nc1ccc(F)cc1. The quantitative estimate of drug-likeness (QED) is 0.524. The van der Waals surface area contributed by atoms with Crippen LogP contribution in [0, 0.1) is 5.82 Å². The normalized spacial score (nSPS) is 8.50. The number of nitrogens with zero attached hydrogens (tertiary/aromatic N) is 1. The Morgan fingerprint density at radius 2 is 1.90 bits per heavy atom. The molecule has 0 aliphatic rings. The van der Waals surface area contributed by atoms with E-state index in [1.807, 2.05) is 0 Å². The smallest absolute Gasteiger partial charge is 0.123 e. The highest BCUT2D eigenvalue weighted by molar-refractivity contribution is 5.55. The Bertz CT molecular complexity index is 257. The van der Waals surface area contributed by atoms with Crippen molar-refractivity contribution >= 4 is 11.6 Å². The van der Waals surface area contributed by atoms with Crippen LogP contribution in [-0.4, -0.2) is 5.87 Å². The highest BCUT2D eigenvalue weighted by Crippen LogP contribution is 2.10. The minimum Gasteiger partial charge on any atom is -0.207 e. The molecule has 2 heteroatoms. The molecule has 50 valence electrons. The Labute approximate surface area is 58.5 Å². The van der Waals surface area contributed by atoms with Gasteiger partial charge in [-0.25, -0.2) is 9.38 Å². The van der Waals surface area contributed by atoms with Gasteiger partial charge in [0, 0.05) is 0 Å². The Morgan fingerprint density at radius 3 is 2.40 bits per heavy atom. The molecule has 0 atom stereocenters. The molecule has 0 aliphatic carbocycles. The summed E-state index contributed by atoms with van der Waals surface area (Å²) in [4.78, 5) is 3.72. The molecule has 0 spiro atoms. The first kappa shape index (κ1) is 6.72. The molecule has 10 heavy (non-hydrogen) atoms. The van der Waals surface area contributed by atoms with Crippen molar-refractivity contribution in [1.29, 1.82) is 0 Å². The molecule has 0 saturated carbocycles. The van der Waals surface area contributed by atoms with E-state index in [-0.39, 0.29) is 5.82 Å². The lowest BCUT2D eigenvalue weighted by Gasteiger charge is -1.87. The summed E-state index contributed by atoms with van der Waals surface area (Å²) in [5.41, 5.74) is 0.663. The van der Waals surface area contributed by atoms with Gasteiger partial charge in [0.2, 0.25) is 0 Å². The van der Waals surface area contributed by atoms with E-state index in [4.69, 9.17) is 0 Å². The zero-order chi connectivity index (χ0) is 7.40. The van der Waals surface area contributed by atoms with E-state index in [9.17, 15) is 4.39 Å². The lowest BCUT2D eigenvalue weighted by molar-refractivity contribution is 0.628. The van der Waals surface area contributed by atoms with Crippen molar-refractivity contribution in [1.82, 2.24) is 0 Å². The first-order chi connectivity index (χ1) is 4.83. The molecule has 0 radical (unpaired) electrons. The number of halogens is 1. The second-order valence-corrected chi connectivity index (χ2v) is 1.75. The third-order valence-electron chi connectivity index (χ3n) is 1.03. The summed E-state index contributed by atoms with van der Waals surface area (Å²) in [6.45, 7) is 3.29. The summed E-state index contributed by atoms with van der Waals surface area (Å²) in [7, 11) is 0. The lowest BCUT2D eigenvalue weighted by Crippen LogP contribution is -1.68. The predicted octanol–water partition coefficient (Wildman–Crippen LogP) is 2.31. The van der Waals surface area contributed by atoms with E-state index >= 15 is 0 Å². The molecule has 0 fully saturated rings.